The van der Waals surface area contributed by atoms with E-state index in [-0.39, 0.29) is 30.0 Å². The maximum absolute atomic E-state index is 15.9. The highest BCUT2D eigenvalue weighted by atomic mass is 19.4. The van der Waals surface area contributed by atoms with Crippen LogP contribution in [-0.2, 0) is 14.3 Å². The molecule has 1 aromatic carbocycles. The van der Waals surface area contributed by atoms with Gasteiger partial charge >= 0.3 is 6.18 Å². The van der Waals surface area contributed by atoms with E-state index in [0.717, 1.165) is 31.2 Å². The van der Waals surface area contributed by atoms with E-state index < -0.39 is 35.3 Å². The highest BCUT2D eigenvalue weighted by Gasteiger charge is 2.43. The lowest BCUT2D eigenvalue weighted by Gasteiger charge is -2.44. The van der Waals surface area contributed by atoms with Gasteiger partial charge < -0.3 is 15.0 Å². The lowest BCUT2D eigenvalue weighted by Crippen LogP contribution is -2.55. The van der Waals surface area contributed by atoms with Crippen molar-refractivity contribution >= 4 is 35.0 Å². The number of rotatable bonds is 5. The average molecular weight is 620 g/mol. The number of alkyl halides is 3. The van der Waals surface area contributed by atoms with Crippen LogP contribution in [-0.4, -0.2) is 97.6 Å². The number of aliphatic imine (C=N–C) groups is 1. The minimum absolute atomic E-state index is 0.115. The van der Waals surface area contributed by atoms with E-state index in [0.29, 0.717) is 49.4 Å². The first-order valence-corrected chi connectivity index (χ1v) is 15.3. The second kappa shape index (κ2) is 12.7. The van der Waals surface area contributed by atoms with Gasteiger partial charge in [-0.1, -0.05) is 6.08 Å². The van der Waals surface area contributed by atoms with Crippen molar-refractivity contribution in [3.8, 4) is 0 Å². The van der Waals surface area contributed by atoms with Crippen LogP contribution in [0.1, 0.15) is 52.5 Å². The van der Waals surface area contributed by atoms with Crippen LogP contribution in [0.2, 0.25) is 0 Å². The molecule has 5 rings (SSSR count). The fourth-order valence-electron chi connectivity index (χ4n) is 6.87. The van der Waals surface area contributed by atoms with E-state index in [4.69, 9.17) is 4.74 Å². The minimum Gasteiger partial charge on any atom is -0.375 e. The summed E-state index contributed by atoms with van der Waals surface area (Å²) in [5.74, 6) is -4.34. The Hall–Kier alpha value is -3.09. The second-order valence-corrected chi connectivity index (χ2v) is 12.7. The Bertz CT molecular complexity index is 1350. The van der Waals surface area contributed by atoms with Crippen molar-refractivity contribution in [3.05, 3.63) is 41.2 Å². The van der Waals surface area contributed by atoms with Crippen LogP contribution in [0.25, 0.3) is 5.57 Å². The number of likely N-dealkylation sites (N-methyl/N-ethyl adjacent to an activating group) is 1. The fourth-order valence-corrected chi connectivity index (χ4v) is 6.87. The quantitative estimate of drug-likeness (QED) is 0.465. The van der Waals surface area contributed by atoms with E-state index in [1.54, 1.807) is 6.07 Å². The molecule has 6 atom stereocenters. The van der Waals surface area contributed by atoms with Crippen molar-refractivity contribution < 1.29 is 31.9 Å². The molecule has 1 aromatic rings. The van der Waals surface area contributed by atoms with Gasteiger partial charge in [0.1, 0.15) is 11.7 Å². The number of anilines is 2. The lowest BCUT2D eigenvalue weighted by molar-refractivity contribution is -0.124. The molecule has 2 amide bonds. The van der Waals surface area contributed by atoms with Crippen LogP contribution in [0.3, 0.4) is 0 Å². The standard InChI is InChI=1S/C32H41F4N5O3/c1-18-16-41(17-19(2)39(18)5)29-14-27(33)24(22-6-8-40(9-7-22)23-10-20(3)44-21(4)11-23)12-28(29)38-31(43)25-15-37-30(42)13-26(25)32(34,35)36/h6,12-15,18-21,23,25H,7-11,16-17H2,1-5H3,(H,38,43)/t18-,19+,20-,21+,23?,25?. The highest BCUT2D eigenvalue weighted by molar-refractivity contribution is 6.11. The Morgan fingerprint density at radius 3 is 2.32 bits per heavy atom. The highest BCUT2D eigenvalue weighted by Crippen LogP contribution is 2.38. The molecule has 2 unspecified atom stereocenters. The normalized spacial score (nSPS) is 30.7. The Morgan fingerprint density at radius 1 is 1.07 bits per heavy atom. The molecule has 0 radical (unpaired) electrons. The summed E-state index contributed by atoms with van der Waals surface area (Å²) in [6.45, 7) is 10.7. The van der Waals surface area contributed by atoms with Crippen molar-refractivity contribution in [2.75, 3.05) is 43.4 Å². The summed E-state index contributed by atoms with van der Waals surface area (Å²) in [5.41, 5.74) is 0.433. The number of hydrogen-bond acceptors (Lipinski definition) is 6. The fraction of sp³-hybridized carbons (Fsp3) is 0.594. The molecule has 240 valence electrons. The number of dihydropyridines is 1. The molecule has 0 aliphatic carbocycles. The van der Waals surface area contributed by atoms with E-state index in [1.165, 1.54) is 6.07 Å². The molecule has 0 saturated carbocycles. The number of benzene rings is 1. The number of carbonyl (C=O) groups excluding carboxylic acids is 2. The monoisotopic (exact) mass is 619 g/mol. The molecule has 12 heteroatoms. The second-order valence-electron chi connectivity index (χ2n) is 12.7. The first-order valence-electron chi connectivity index (χ1n) is 15.3. The summed E-state index contributed by atoms with van der Waals surface area (Å²) in [7, 11) is 2.01. The molecule has 1 N–H and O–H groups in total. The number of carbonyl (C=O) groups is 2. The number of nitrogens with zero attached hydrogens (tertiary/aromatic N) is 4. The zero-order chi connectivity index (χ0) is 31.9. The molecule has 4 heterocycles. The number of ether oxygens (including phenoxy) is 1. The molecule has 2 saturated heterocycles. The zero-order valence-corrected chi connectivity index (χ0v) is 25.8. The van der Waals surface area contributed by atoms with Gasteiger partial charge in [0.15, 0.2) is 0 Å². The number of halogens is 4. The molecule has 0 spiro atoms. The number of amides is 2. The minimum atomic E-state index is -4.90. The van der Waals surface area contributed by atoms with Crippen molar-refractivity contribution in [2.24, 2.45) is 10.9 Å². The topological polar surface area (TPSA) is 77.5 Å². The zero-order valence-electron chi connectivity index (χ0n) is 25.8. The van der Waals surface area contributed by atoms with Crippen molar-refractivity contribution in [3.63, 3.8) is 0 Å². The van der Waals surface area contributed by atoms with Crippen LogP contribution >= 0.6 is 0 Å². The predicted molar refractivity (Wildman–Crippen MR) is 162 cm³/mol. The Kier molecular flexibility index (Phi) is 9.34. The van der Waals surface area contributed by atoms with E-state index >= 15 is 4.39 Å². The third-order valence-corrected chi connectivity index (χ3v) is 9.39. The Balaban J connectivity index is 1.46. The van der Waals surface area contributed by atoms with Gasteiger partial charge in [0, 0.05) is 62.2 Å². The summed E-state index contributed by atoms with van der Waals surface area (Å²) in [6.07, 6.45) is 0.965. The summed E-state index contributed by atoms with van der Waals surface area (Å²) < 4.78 is 63.1. The molecule has 4 aliphatic heterocycles. The van der Waals surface area contributed by atoms with Gasteiger partial charge in [0.25, 0.3) is 5.91 Å². The van der Waals surface area contributed by atoms with E-state index in [9.17, 15) is 22.8 Å². The average Bonchev–Trinajstić information content (AvgIpc) is 2.95. The first-order chi connectivity index (χ1) is 20.7. The van der Waals surface area contributed by atoms with Crippen molar-refractivity contribution in [1.82, 2.24) is 9.80 Å². The summed E-state index contributed by atoms with van der Waals surface area (Å²) in [6, 6.07) is 3.52. The maximum atomic E-state index is 15.9. The number of hydrogen-bond donors (Lipinski definition) is 1. The van der Waals surface area contributed by atoms with Gasteiger partial charge in [-0.15, -0.1) is 0 Å². The molecule has 0 bridgehead atoms. The Labute approximate surface area is 255 Å². The van der Waals surface area contributed by atoms with Gasteiger partial charge in [-0.05, 0) is 71.7 Å². The van der Waals surface area contributed by atoms with E-state index in [1.807, 2.05) is 31.9 Å². The largest absolute Gasteiger partial charge is 0.414 e. The lowest BCUT2D eigenvalue weighted by atomic mass is 9.93. The van der Waals surface area contributed by atoms with Gasteiger partial charge in [-0.3, -0.25) is 19.4 Å². The molecule has 8 nitrogen and oxygen atoms in total. The molecule has 2 fully saturated rings. The molecule has 44 heavy (non-hydrogen) atoms. The molecular formula is C32H41F4N5O3. The molecule has 0 aromatic heterocycles. The summed E-state index contributed by atoms with van der Waals surface area (Å²) >= 11 is 0. The third-order valence-electron chi connectivity index (χ3n) is 9.39. The van der Waals surface area contributed by atoms with Gasteiger partial charge in [0.2, 0.25) is 5.91 Å². The van der Waals surface area contributed by atoms with Crippen LogP contribution in [0.5, 0.6) is 0 Å². The number of piperazine rings is 1. The van der Waals surface area contributed by atoms with Crippen LogP contribution in [0.15, 0.2) is 34.9 Å². The van der Waals surface area contributed by atoms with Crippen LogP contribution in [0, 0.1) is 11.7 Å². The van der Waals surface area contributed by atoms with Gasteiger partial charge in [-0.2, -0.15) is 13.2 Å². The van der Waals surface area contributed by atoms with E-state index in [2.05, 4.69) is 34.0 Å². The first kappa shape index (κ1) is 32.3. The van der Waals surface area contributed by atoms with Crippen molar-refractivity contribution in [1.29, 1.82) is 0 Å². The van der Waals surface area contributed by atoms with Gasteiger partial charge in [-0.25, -0.2) is 9.38 Å². The molecule has 4 aliphatic rings. The van der Waals surface area contributed by atoms with Gasteiger partial charge in [0.05, 0.1) is 29.2 Å². The van der Waals surface area contributed by atoms with Crippen LogP contribution < -0.4 is 10.2 Å². The van der Waals surface area contributed by atoms with Crippen molar-refractivity contribution in [2.45, 2.75) is 83.5 Å². The smallest absolute Gasteiger partial charge is 0.375 e. The SMILES string of the molecule is C[C@@H]1CC(N2CC=C(c3cc(NC(=O)C4C=NC(=O)C=C4C(F)(F)F)c(N4C[C@@H](C)N(C)[C@@H](C)C4)cc3F)CC2)C[C@H](C)O1. The predicted octanol–water partition coefficient (Wildman–Crippen LogP) is 5.05. The third kappa shape index (κ3) is 6.92. The van der Waals surface area contributed by atoms with Crippen LogP contribution in [0.4, 0.5) is 28.9 Å². The summed E-state index contributed by atoms with van der Waals surface area (Å²) in [5, 5.41) is 2.66. The maximum Gasteiger partial charge on any atom is 0.414 e. The molecular weight excluding hydrogens is 578 g/mol. The summed E-state index contributed by atoms with van der Waals surface area (Å²) in [4.78, 5) is 35.0. The Morgan fingerprint density at radius 2 is 1.73 bits per heavy atom. The number of nitrogens with one attached hydrogen (secondary N) is 1.